The second kappa shape index (κ2) is 6.90. The summed E-state index contributed by atoms with van der Waals surface area (Å²) < 4.78 is 5.58. The van der Waals surface area contributed by atoms with Crippen molar-refractivity contribution in [3.63, 3.8) is 0 Å². The Kier molecular flexibility index (Phi) is 4.68. The molecule has 1 aromatic carbocycles. The molecule has 1 fully saturated rings. The third-order valence-corrected chi connectivity index (χ3v) is 4.22. The van der Waals surface area contributed by atoms with Gasteiger partial charge in [0.05, 0.1) is 22.6 Å². The number of carbonyl (C=O) groups is 2. The van der Waals surface area contributed by atoms with E-state index >= 15 is 0 Å². The minimum atomic E-state index is -1.11. The van der Waals surface area contributed by atoms with E-state index in [9.17, 15) is 9.59 Å². The van der Waals surface area contributed by atoms with Crippen molar-refractivity contribution in [1.29, 1.82) is 0 Å². The monoisotopic (exact) mass is 363 g/mol. The standard InChI is InChI=1S/C15H10ClN3O4S/c16-11-3-1-8(5-10(11)14(21)22)12-4-2-9(23-12)6-17-19-15-18-13(20)7-24-15/h1-6H,7H2,(H,21,22)(H,18,19,20). The number of rotatable bonds is 4. The second-order valence-electron chi connectivity index (χ2n) is 4.69. The molecular weight excluding hydrogens is 354 g/mol. The van der Waals surface area contributed by atoms with Crippen LogP contribution in [0.1, 0.15) is 16.1 Å². The summed E-state index contributed by atoms with van der Waals surface area (Å²) in [4.78, 5) is 22.1. The third-order valence-electron chi connectivity index (χ3n) is 3.03. The zero-order valence-electron chi connectivity index (χ0n) is 12.0. The summed E-state index contributed by atoms with van der Waals surface area (Å²) in [7, 11) is 0. The van der Waals surface area contributed by atoms with Crippen LogP contribution in [0.25, 0.3) is 11.3 Å². The van der Waals surface area contributed by atoms with E-state index in [0.717, 1.165) is 0 Å². The molecule has 2 aromatic rings. The predicted octanol–water partition coefficient (Wildman–Crippen LogP) is 2.85. The first-order valence-corrected chi connectivity index (χ1v) is 8.06. The predicted molar refractivity (Wildman–Crippen MR) is 91.7 cm³/mol. The summed E-state index contributed by atoms with van der Waals surface area (Å²) in [5, 5.41) is 20.0. The molecule has 1 saturated heterocycles. The number of hydrogen-bond donors (Lipinski definition) is 2. The van der Waals surface area contributed by atoms with Crippen LogP contribution in [0.4, 0.5) is 0 Å². The number of amides is 1. The Morgan fingerprint density at radius 3 is 2.92 bits per heavy atom. The molecule has 0 spiro atoms. The minimum absolute atomic E-state index is 0.00110. The fraction of sp³-hybridized carbons (Fsp3) is 0.0667. The molecule has 1 amide bonds. The van der Waals surface area contributed by atoms with Crippen LogP contribution in [0.2, 0.25) is 5.02 Å². The van der Waals surface area contributed by atoms with Crippen LogP contribution in [-0.2, 0) is 4.79 Å². The molecule has 0 bridgehead atoms. The summed E-state index contributed by atoms with van der Waals surface area (Å²) in [6.07, 6.45) is 1.40. The van der Waals surface area contributed by atoms with Crippen LogP contribution in [0.3, 0.4) is 0 Å². The molecule has 0 saturated carbocycles. The maximum atomic E-state index is 11.1. The van der Waals surface area contributed by atoms with Crippen molar-refractivity contribution >= 4 is 46.6 Å². The fourth-order valence-corrected chi connectivity index (χ4v) is 2.77. The summed E-state index contributed by atoms with van der Waals surface area (Å²) in [5.74, 6) is 0.0394. The molecule has 2 heterocycles. The third kappa shape index (κ3) is 3.66. The highest BCUT2D eigenvalue weighted by molar-refractivity contribution is 8.15. The molecule has 1 aromatic heterocycles. The van der Waals surface area contributed by atoms with Gasteiger partial charge in [0.2, 0.25) is 5.91 Å². The Morgan fingerprint density at radius 2 is 2.21 bits per heavy atom. The van der Waals surface area contributed by atoms with Gasteiger partial charge in [-0.1, -0.05) is 23.4 Å². The van der Waals surface area contributed by atoms with E-state index in [1.807, 2.05) is 0 Å². The number of nitrogens with zero attached hydrogens (tertiary/aromatic N) is 2. The van der Waals surface area contributed by atoms with Gasteiger partial charge in [-0.2, -0.15) is 5.10 Å². The van der Waals surface area contributed by atoms with Crippen molar-refractivity contribution in [2.45, 2.75) is 0 Å². The minimum Gasteiger partial charge on any atom is -0.478 e. The fourth-order valence-electron chi connectivity index (χ4n) is 1.94. The number of hydrogen-bond acceptors (Lipinski definition) is 6. The highest BCUT2D eigenvalue weighted by Crippen LogP contribution is 2.26. The normalized spacial score (nSPS) is 16.0. The Hall–Kier alpha value is -2.58. The Bertz CT molecular complexity index is 875. The number of halogens is 1. The van der Waals surface area contributed by atoms with E-state index in [1.165, 1.54) is 30.1 Å². The van der Waals surface area contributed by atoms with Crippen molar-refractivity contribution < 1.29 is 19.1 Å². The van der Waals surface area contributed by atoms with Gasteiger partial charge >= 0.3 is 5.97 Å². The molecule has 3 rings (SSSR count). The average Bonchev–Trinajstić information content (AvgIpc) is 3.17. The number of thioether (sulfide) groups is 1. The SMILES string of the molecule is O=C1CSC(=NN=Cc2ccc(-c3ccc(Cl)c(C(=O)O)c3)o2)N1. The first kappa shape index (κ1) is 16.3. The van der Waals surface area contributed by atoms with Gasteiger partial charge in [-0.25, -0.2) is 4.79 Å². The van der Waals surface area contributed by atoms with E-state index in [4.69, 9.17) is 21.1 Å². The molecular formula is C15H10ClN3O4S. The number of benzene rings is 1. The summed E-state index contributed by atoms with van der Waals surface area (Å²) in [6.45, 7) is 0. The summed E-state index contributed by atoms with van der Waals surface area (Å²) in [5.41, 5.74) is 0.586. The number of aromatic carboxylic acids is 1. The van der Waals surface area contributed by atoms with E-state index < -0.39 is 5.97 Å². The first-order chi connectivity index (χ1) is 11.5. The smallest absolute Gasteiger partial charge is 0.337 e. The number of nitrogens with one attached hydrogen (secondary N) is 1. The molecule has 1 aliphatic heterocycles. The molecule has 7 nitrogen and oxygen atoms in total. The number of carbonyl (C=O) groups excluding carboxylic acids is 1. The maximum absolute atomic E-state index is 11.1. The zero-order valence-corrected chi connectivity index (χ0v) is 13.6. The van der Waals surface area contributed by atoms with E-state index in [2.05, 4.69) is 15.5 Å². The van der Waals surface area contributed by atoms with Gasteiger partial charge in [0.15, 0.2) is 5.17 Å². The zero-order chi connectivity index (χ0) is 17.1. The molecule has 0 unspecified atom stereocenters. The molecule has 1 aliphatic rings. The van der Waals surface area contributed by atoms with Gasteiger partial charge in [-0.3, -0.25) is 4.79 Å². The lowest BCUT2D eigenvalue weighted by Gasteiger charge is -2.01. The molecule has 0 radical (unpaired) electrons. The van der Waals surface area contributed by atoms with Crippen LogP contribution >= 0.6 is 23.4 Å². The first-order valence-electron chi connectivity index (χ1n) is 6.69. The second-order valence-corrected chi connectivity index (χ2v) is 6.06. The molecule has 24 heavy (non-hydrogen) atoms. The van der Waals surface area contributed by atoms with Gasteiger partial charge in [-0.15, -0.1) is 5.10 Å². The molecule has 122 valence electrons. The Morgan fingerprint density at radius 1 is 1.38 bits per heavy atom. The van der Waals surface area contributed by atoms with Gasteiger partial charge in [0.25, 0.3) is 0 Å². The lowest BCUT2D eigenvalue weighted by molar-refractivity contribution is -0.116. The van der Waals surface area contributed by atoms with Crippen molar-refractivity contribution in [3.05, 3.63) is 46.7 Å². The van der Waals surface area contributed by atoms with Crippen LogP contribution in [-0.4, -0.2) is 34.1 Å². The van der Waals surface area contributed by atoms with Gasteiger partial charge in [0.1, 0.15) is 11.5 Å². The molecule has 0 aliphatic carbocycles. The highest BCUT2D eigenvalue weighted by Gasteiger charge is 2.16. The maximum Gasteiger partial charge on any atom is 0.337 e. The largest absolute Gasteiger partial charge is 0.478 e. The van der Waals surface area contributed by atoms with Crippen LogP contribution in [0, 0.1) is 0 Å². The summed E-state index contributed by atoms with van der Waals surface area (Å²) >= 11 is 7.12. The lowest BCUT2D eigenvalue weighted by atomic mass is 10.1. The van der Waals surface area contributed by atoms with Gasteiger partial charge < -0.3 is 14.8 Å². The van der Waals surface area contributed by atoms with Crippen LogP contribution < -0.4 is 5.32 Å². The molecule has 0 atom stereocenters. The van der Waals surface area contributed by atoms with Crippen LogP contribution in [0.15, 0.2) is 45.0 Å². The Labute approximate surface area is 145 Å². The number of carboxylic acids is 1. The molecule has 2 N–H and O–H groups in total. The number of amidine groups is 1. The topological polar surface area (TPSA) is 104 Å². The highest BCUT2D eigenvalue weighted by atomic mass is 35.5. The quantitative estimate of drug-likeness (QED) is 0.642. The lowest BCUT2D eigenvalue weighted by Crippen LogP contribution is -2.19. The average molecular weight is 364 g/mol. The van der Waals surface area contributed by atoms with Crippen molar-refractivity contribution in [2.75, 3.05) is 5.75 Å². The number of furan rings is 1. The molecule has 9 heteroatoms. The van der Waals surface area contributed by atoms with E-state index in [0.29, 0.717) is 28.0 Å². The van der Waals surface area contributed by atoms with Gasteiger partial charge in [-0.05, 0) is 30.3 Å². The van der Waals surface area contributed by atoms with Crippen molar-refractivity contribution in [2.24, 2.45) is 10.2 Å². The summed E-state index contributed by atoms with van der Waals surface area (Å²) in [6, 6.07) is 7.97. The van der Waals surface area contributed by atoms with Crippen LogP contribution in [0.5, 0.6) is 0 Å². The van der Waals surface area contributed by atoms with Gasteiger partial charge in [0, 0.05) is 5.56 Å². The van der Waals surface area contributed by atoms with Crippen molar-refractivity contribution in [3.8, 4) is 11.3 Å². The Balaban J connectivity index is 1.77. The van der Waals surface area contributed by atoms with E-state index in [-0.39, 0.29) is 16.5 Å². The number of carboxylic acid groups (broad SMARTS) is 1. The van der Waals surface area contributed by atoms with Crippen molar-refractivity contribution in [1.82, 2.24) is 5.32 Å². The van der Waals surface area contributed by atoms with E-state index in [1.54, 1.807) is 18.2 Å².